The normalized spacial score (nSPS) is 25.7. The standard InChI is InChI=1S/C16H23BN2O3/c1-6-7-10-9-18-14(20)11-8-12(19-13(10)11)17-21-15(2,3)16(4,5)22-17/h6,8,10,19H,1,7,9H2,2-5H3,(H,18,20)/t10-/m0/s1. The number of hydrogen-bond donors (Lipinski definition) is 2. The first kappa shape index (κ1) is 15.4. The van der Waals surface area contributed by atoms with Crippen LogP contribution >= 0.6 is 0 Å². The lowest BCUT2D eigenvalue weighted by Gasteiger charge is -2.32. The number of fused-ring (bicyclic) bond motifs is 1. The third-order valence-corrected chi connectivity index (χ3v) is 4.99. The van der Waals surface area contributed by atoms with E-state index >= 15 is 0 Å². The molecule has 118 valence electrons. The van der Waals surface area contributed by atoms with Gasteiger partial charge in [-0.2, -0.15) is 0 Å². The Kier molecular flexibility index (Phi) is 3.49. The smallest absolute Gasteiger partial charge is 0.398 e. The zero-order valence-electron chi connectivity index (χ0n) is 13.7. The summed E-state index contributed by atoms with van der Waals surface area (Å²) in [5.41, 5.74) is 1.64. The Hall–Kier alpha value is -1.53. The summed E-state index contributed by atoms with van der Waals surface area (Å²) in [6.07, 6.45) is 2.69. The molecule has 22 heavy (non-hydrogen) atoms. The SMILES string of the molecule is C=CC[C@H]1CNC(=O)c2cc(B3OC(C)(C)C(C)(C)O3)[nH]c21. The third-order valence-electron chi connectivity index (χ3n) is 4.99. The number of hydrogen-bond acceptors (Lipinski definition) is 3. The van der Waals surface area contributed by atoms with Crippen molar-refractivity contribution in [3.05, 3.63) is 30.0 Å². The molecule has 0 saturated carbocycles. The van der Waals surface area contributed by atoms with Gasteiger partial charge in [0, 0.05) is 23.7 Å². The molecule has 1 saturated heterocycles. The molecule has 1 atom stereocenters. The number of H-pyrrole nitrogens is 1. The van der Waals surface area contributed by atoms with Crippen molar-refractivity contribution in [3.63, 3.8) is 0 Å². The van der Waals surface area contributed by atoms with Crippen LogP contribution in [-0.4, -0.2) is 35.8 Å². The van der Waals surface area contributed by atoms with Gasteiger partial charge in [-0.3, -0.25) is 4.79 Å². The van der Waals surface area contributed by atoms with Crippen molar-refractivity contribution in [2.75, 3.05) is 6.54 Å². The van der Waals surface area contributed by atoms with Crippen molar-refractivity contribution in [2.45, 2.75) is 51.2 Å². The summed E-state index contributed by atoms with van der Waals surface area (Å²) in [4.78, 5) is 15.4. The van der Waals surface area contributed by atoms with E-state index in [-0.39, 0.29) is 11.8 Å². The summed E-state index contributed by atoms with van der Waals surface area (Å²) >= 11 is 0. The van der Waals surface area contributed by atoms with Crippen LogP contribution in [0.5, 0.6) is 0 Å². The van der Waals surface area contributed by atoms with Crippen molar-refractivity contribution in [3.8, 4) is 0 Å². The van der Waals surface area contributed by atoms with Crippen molar-refractivity contribution in [2.24, 2.45) is 0 Å². The van der Waals surface area contributed by atoms with Crippen LogP contribution in [0.1, 0.15) is 56.1 Å². The van der Waals surface area contributed by atoms with Gasteiger partial charge in [0.15, 0.2) is 0 Å². The van der Waals surface area contributed by atoms with Crippen LogP contribution in [0.4, 0.5) is 0 Å². The van der Waals surface area contributed by atoms with Gasteiger partial charge in [-0.1, -0.05) is 6.08 Å². The second kappa shape index (κ2) is 5.00. The molecule has 1 aromatic heterocycles. The fourth-order valence-corrected chi connectivity index (χ4v) is 2.91. The molecule has 1 aromatic rings. The summed E-state index contributed by atoms with van der Waals surface area (Å²) in [5, 5.41) is 2.92. The summed E-state index contributed by atoms with van der Waals surface area (Å²) in [6, 6.07) is 1.85. The van der Waals surface area contributed by atoms with E-state index in [0.717, 1.165) is 17.7 Å². The number of carbonyl (C=O) groups excluding carboxylic acids is 1. The molecule has 0 bridgehead atoms. The zero-order valence-corrected chi connectivity index (χ0v) is 13.7. The molecular formula is C16H23BN2O3. The number of nitrogens with one attached hydrogen (secondary N) is 2. The van der Waals surface area contributed by atoms with E-state index in [0.29, 0.717) is 12.1 Å². The van der Waals surface area contributed by atoms with Gasteiger partial charge >= 0.3 is 7.12 Å². The van der Waals surface area contributed by atoms with E-state index in [2.05, 4.69) is 16.9 Å². The lowest BCUT2D eigenvalue weighted by Crippen LogP contribution is -2.41. The highest BCUT2D eigenvalue weighted by Crippen LogP contribution is 2.37. The van der Waals surface area contributed by atoms with Crippen LogP contribution in [0.3, 0.4) is 0 Å². The number of aromatic nitrogens is 1. The monoisotopic (exact) mass is 302 g/mol. The third kappa shape index (κ3) is 2.30. The van der Waals surface area contributed by atoms with Gasteiger partial charge in [-0.25, -0.2) is 0 Å². The Morgan fingerprint density at radius 1 is 1.36 bits per heavy atom. The largest absolute Gasteiger partial charge is 0.512 e. The lowest BCUT2D eigenvalue weighted by molar-refractivity contribution is 0.00578. The molecule has 6 heteroatoms. The van der Waals surface area contributed by atoms with E-state index in [4.69, 9.17) is 9.31 Å². The quantitative estimate of drug-likeness (QED) is 0.660. The molecule has 3 rings (SSSR count). The second-order valence-corrected chi connectivity index (χ2v) is 7.07. The van der Waals surface area contributed by atoms with Crippen LogP contribution in [0.25, 0.3) is 0 Å². The summed E-state index contributed by atoms with van der Waals surface area (Å²) in [7, 11) is -0.479. The zero-order chi connectivity index (χ0) is 16.1. The molecule has 1 fully saturated rings. The van der Waals surface area contributed by atoms with Crippen molar-refractivity contribution >= 4 is 18.6 Å². The molecule has 2 N–H and O–H groups in total. The van der Waals surface area contributed by atoms with Gasteiger partial charge in [0.25, 0.3) is 5.91 Å². The van der Waals surface area contributed by atoms with E-state index in [9.17, 15) is 4.79 Å². The molecule has 0 aliphatic carbocycles. The van der Waals surface area contributed by atoms with Gasteiger partial charge < -0.3 is 19.6 Å². The maximum Gasteiger partial charge on any atom is 0.512 e. The summed E-state index contributed by atoms with van der Waals surface area (Å²) in [6.45, 7) is 12.5. The van der Waals surface area contributed by atoms with Crippen molar-refractivity contribution in [1.82, 2.24) is 10.3 Å². The van der Waals surface area contributed by atoms with E-state index in [1.807, 2.05) is 39.8 Å². The minimum Gasteiger partial charge on any atom is -0.398 e. The molecule has 3 heterocycles. The highest BCUT2D eigenvalue weighted by molar-refractivity contribution is 6.61. The van der Waals surface area contributed by atoms with Crippen molar-refractivity contribution < 1.29 is 14.1 Å². The average Bonchev–Trinajstić information content (AvgIpc) is 2.94. The van der Waals surface area contributed by atoms with Gasteiger partial charge in [-0.05, 0) is 40.2 Å². The molecule has 0 aromatic carbocycles. The summed E-state index contributed by atoms with van der Waals surface area (Å²) in [5.74, 6) is 0.177. The molecule has 0 radical (unpaired) electrons. The topological polar surface area (TPSA) is 63.4 Å². The van der Waals surface area contributed by atoms with E-state index < -0.39 is 18.3 Å². The van der Waals surface area contributed by atoms with Gasteiger partial charge in [0.05, 0.1) is 16.8 Å². The number of allylic oxidation sites excluding steroid dienone is 1. The molecule has 0 spiro atoms. The van der Waals surface area contributed by atoms with Crippen molar-refractivity contribution in [1.29, 1.82) is 0 Å². The minimum absolute atomic E-state index is 0.0469. The number of amides is 1. The maximum atomic E-state index is 12.1. The Balaban J connectivity index is 1.93. The van der Waals surface area contributed by atoms with Gasteiger partial charge in [-0.15, -0.1) is 6.58 Å². The Morgan fingerprint density at radius 3 is 2.59 bits per heavy atom. The summed E-state index contributed by atoms with van der Waals surface area (Å²) < 4.78 is 12.1. The molecular weight excluding hydrogens is 279 g/mol. The van der Waals surface area contributed by atoms with Gasteiger partial charge in [0.1, 0.15) is 0 Å². The second-order valence-electron chi connectivity index (χ2n) is 7.07. The maximum absolute atomic E-state index is 12.1. The molecule has 5 nitrogen and oxygen atoms in total. The number of aromatic amines is 1. The lowest BCUT2D eigenvalue weighted by atomic mass is 9.85. The van der Waals surface area contributed by atoms with Crippen LogP contribution < -0.4 is 10.9 Å². The highest BCUT2D eigenvalue weighted by atomic mass is 16.7. The van der Waals surface area contributed by atoms with E-state index in [1.165, 1.54) is 0 Å². The minimum atomic E-state index is -0.479. The first-order valence-electron chi connectivity index (χ1n) is 7.73. The highest BCUT2D eigenvalue weighted by Gasteiger charge is 2.52. The van der Waals surface area contributed by atoms with Crippen LogP contribution in [-0.2, 0) is 9.31 Å². The first-order chi connectivity index (χ1) is 10.2. The van der Waals surface area contributed by atoms with Gasteiger partial charge in [0.2, 0.25) is 0 Å². The van der Waals surface area contributed by atoms with E-state index in [1.54, 1.807) is 0 Å². The Labute approximate surface area is 131 Å². The molecule has 1 amide bonds. The fraction of sp³-hybridized carbons (Fsp3) is 0.562. The fourth-order valence-electron chi connectivity index (χ4n) is 2.91. The molecule has 0 unspecified atom stereocenters. The Bertz CT molecular complexity index is 605. The first-order valence-corrected chi connectivity index (χ1v) is 7.73. The number of carbonyl (C=O) groups is 1. The molecule has 2 aliphatic rings. The predicted molar refractivity (Wildman–Crippen MR) is 86.4 cm³/mol. The average molecular weight is 302 g/mol. The predicted octanol–water partition coefficient (Wildman–Crippen LogP) is 1.72. The van der Waals surface area contributed by atoms with Crippen LogP contribution in [0.2, 0.25) is 0 Å². The Morgan fingerprint density at radius 2 is 2.00 bits per heavy atom. The van der Waals surface area contributed by atoms with Crippen LogP contribution in [0, 0.1) is 0 Å². The number of rotatable bonds is 3. The molecule has 2 aliphatic heterocycles. The van der Waals surface area contributed by atoms with Crippen LogP contribution in [0.15, 0.2) is 18.7 Å².